The molecule has 0 spiro atoms. The summed E-state index contributed by atoms with van der Waals surface area (Å²) in [5.74, 6) is 2.60. The minimum atomic E-state index is 0. The Morgan fingerprint density at radius 1 is 1.03 bits per heavy atom. The third kappa shape index (κ3) is 8.65. The minimum Gasteiger partial charge on any atom is -0.497 e. The van der Waals surface area contributed by atoms with Crippen molar-refractivity contribution in [3.05, 3.63) is 23.8 Å². The van der Waals surface area contributed by atoms with Crippen molar-refractivity contribution in [3.8, 4) is 11.5 Å². The van der Waals surface area contributed by atoms with E-state index in [1.54, 1.807) is 14.2 Å². The van der Waals surface area contributed by atoms with Crippen molar-refractivity contribution in [1.29, 1.82) is 0 Å². The van der Waals surface area contributed by atoms with Crippen molar-refractivity contribution >= 4 is 29.9 Å². The SMILES string of the molecule is CN=C(NCCCCN1CCCC1)NC1CCN(Cc2cc(OC)cc(OC)c2)C1.I. The second kappa shape index (κ2) is 14.0. The van der Waals surface area contributed by atoms with E-state index in [2.05, 4.69) is 37.6 Å². The lowest BCUT2D eigenvalue weighted by Gasteiger charge is -2.20. The summed E-state index contributed by atoms with van der Waals surface area (Å²) in [6, 6.07) is 6.52. The number of guanidine groups is 1. The summed E-state index contributed by atoms with van der Waals surface area (Å²) in [5, 5.41) is 7.08. The largest absolute Gasteiger partial charge is 0.497 e. The van der Waals surface area contributed by atoms with Crippen molar-refractivity contribution in [2.75, 3.05) is 60.5 Å². The van der Waals surface area contributed by atoms with Crippen LogP contribution in [-0.4, -0.2) is 82.3 Å². The summed E-state index contributed by atoms with van der Waals surface area (Å²) in [6.07, 6.45) is 6.31. The second-order valence-electron chi connectivity index (χ2n) is 8.34. The van der Waals surface area contributed by atoms with Gasteiger partial charge in [-0.15, -0.1) is 24.0 Å². The van der Waals surface area contributed by atoms with Crippen LogP contribution in [0.15, 0.2) is 23.2 Å². The van der Waals surface area contributed by atoms with Crippen LogP contribution in [0.1, 0.15) is 37.7 Å². The van der Waals surface area contributed by atoms with Crippen LogP contribution in [0.5, 0.6) is 11.5 Å². The van der Waals surface area contributed by atoms with Gasteiger partial charge in [-0.3, -0.25) is 9.89 Å². The monoisotopic (exact) mass is 545 g/mol. The summed E-state index contributed by atoms with van der Waals surface area (Å²) < 4.78 is 10.8. The minimum absolute atomic E-state index is 0. The van der Waals surface area contributed by atoms with E-state index in [1.165, 1.54) is 50.9 Å². The van der Waals surface area contributed by atoms with Gasteiger partial charge in [-0.2, -0.15) is 0 Å². The summed E-state index contributed by atoms with van der Waals surface area (Å²) in [4.78, 5) is 9.46. The van der Waals surface area contributed by atoms with Gasteiger partial charge in [0, 0.05) is 45.3 Å². The van der Waals surface area contributed by atoms with Crippen LogP contribution in [0.4, 0.5) is 0 Å². The highest BCUT2D eigenvalue weighted by atomic mass is 127. The van der Waals surface area contributed by atoms with Crippen LogP contribution in [-0.2, 0) is 6.54 Å². The number of ether oxygens (including phenoxy) is 2. The Morgan fingerprint density at radius 3 is 2.39 bits per heavy atom. The van der Waals surface area contributed by atoms with E-state index in [4.69, 9.17) is 9.47 Å². The van der Waals surface area contributed by atoms with Gasteiger partial charge in [-0.1, -0.05) is 0 Å². The first-order valence-electron chi connectivity index (χ1n) is 11.3. The van der Waals surface area contributed by atoms with E-state index in [-0.39, 0.29) is 24.0 Å². The average molecular weight is 546 g/mol. The van der Waals surface area contributed by atoms with Crippen molar-refractivity contribution in [1.82, 2.24) is 20.4 Å². The maximum atomic E-state index is 5.40. The molecule has 0 amide bonds. The Balaban J connectivity index is 0.00000341. The Labute approximate surface area is 205 Å². The fourth-order valence-corrected chi connectivity index (χ4v) is 4.37. The molecule has 31 heavy (non-hydrogen) atoms. The Kier molecular flexibility index (Phi) is 11.7. The van der Waals surface area contributed by atoms with Crippen molar-refractivity contribution in [2.45, 2.75) is 44.7 Å². The zero-order valence-corrected chi connectivity index (χ0v) is 21.7. The molecule has 0 radical (unpaired) electrons. The molecular weight excluding hydrogens is 505 g/mol. The standard InChI is InChI=1S/C23H39N5O2.HI/c1-24-23(25-9-4-5-10-27-11-6-7-12-27)26-20-8-13-28(18-20)17-19-14-21(29-2)16-22(15-19)30-3;/h14-16,20H,4-13,17-18H2,1-3H3,(H2,24,25,26);1H. The number of rotatable bonds is 10. The van der Waals surface area contributed by atoms with E-state index in [0.717, 1.165) is 50.1 Å². The maximum absolute atomic E-state index is 5.40. The van der Waals surface area contributed by atoms with Crippen LogP contribution in [0, 0.1) is 0 Å². The molecular formula is C23H40IN5O2. The number of benzene rings is 1. The van der Waals surface area contributed by atoms with Gasteiger partial charge in [0.15, 0.2) is 5.96 Å². The summed E-state index contributed by atoms with van der Waals surface area (Å²) in [6.45, 7) is 7.77. The first kappa shape index (κ1) is 26.0. The van der Waals surface area contributed by atoms with Gasteiger partial charge in [0.05, 0.1) is 14.2 Å². The number of unbranched alkanes of at least 4 members (excludes halogenated alkanes) is 1. The van der Waals surface area contributed by atoms with Gasteiger partial charge in [0.1, 0.15) is 11.5 Å². The molecule has 0 aliphatic carbocycles. The molecule has 2 saturated heterocycles. The lowest BCUT2D eigenvalue weighted by molar-refractivity contribution is 0.321. The predicted molar refractivity (Wildman–Crippen MR) is 138 cm³/mol. The number of methoxy groups -OCH3 is 2. The van der Waals surface area contributed by atoms with Gasteiger partial charge in [0.25, 0.3) is 0 Å². The highest BCUT2D eigenvalue weighted by Crippen LogP contribution is 2.24. The smallest absolute Gasteiger partial charge is 0.191 e. The molecule has 1 aromatic carbocycles. The highest BCUT2D eigenvalue weighted by molar-refractivity contribution is 14.0. The average Bonchev–Trinajstić information content (AvgIpc) is 3.44. The van der Waals surface area contributed by atoms with Gasteiger partial charge < -0.3 is 25.0 Å². The first-order chi connectivity index (χ1) is 14.7. The van der Waals surface area contributed by atoms with Crippen LogP contribution in [0.2, 0.25) is 0 Å². The zero-order valence-electron chi connectivity index (χ0n) is 19.4. The molecule has 2 N–H and O–H groups in total. The normalized spacial score (nSPS) is 19.8. The summed E-state index contributed by atoms with van der Waals surface area (Å²) >= 11 is 0. The summed E-state index contributed by atoms with van der Waals surface area (Å²) in [5.41, 5.74) is 1.22. The number of nitrogens with zero attached hydrogens (tertiary/aromatic N) is 3. The number of hydrogen-bond donors (Lipinski definition) is 2. The maximum Gasteiger partial charge on any atom is 0.191 e. The highest BCUT2D eigenvalue weighted by Gasteiger charge is 2.23. The molecule has 2 aliphatic heterocycles. The number of nitrogens with one attached hydrogen (secondary N) is 2. The second-order valence-corrected chi connectivity index (χ2v) is 8.34. The quantitative estimate of drug-likeness (QED) is 0.204. The molecule has 1 atom stereocenters. The number of aliphatic imine (C=N–C) groups is 1. The van der Waals surface area contributed by atoms with Crippen molar-refractivity contribution in [2.24, 2.45) is 4.99 Å². The Hall–Kier alpha value is -1.26. The van der Waals surface area contributed by atoms with Crippen molar-refractivity contribution in [3.63, 3.8) is 0 Å². The van der Waals surface area contributed by atoms with Crippen molar-refractivity contribution < 1.29 is 9.47 Å². The fraction of sp³-hybridized carbons (Fsp3) is 0.696. The molecule has 8 heteroatoms. The zero-order chi connectivity index (χ0) is 21.2. The lowest BCUT2D eigenvalue weighted by atomic mass is 10.2. The summed E-state index contributed by atoms with van der Waals surface area (Å²) in [7, 11) is 5.24. The van der Waals surface area contributed by atoms with Gasteiger partial charge in [-0.25, -0.2) is 0 Å². The molecule has 176 valence electrons. The lowest BCUT2D eigenvalue weighted by Crippen LogP contribution is -2.44. The predicted octanol–water partition coefficient (Wildman–Crippen LogP) is 2.94. The molecule has 7 nitrogen and oxygen atoms in total. The molecule has 2 heterocycles. The molecule has 2 fully saturated rings. The van der Waals surface area contributed by atoms with Crippen LogP contribution in [0.3, 0.4) is 0 Å². The van der Waals surface area contributed by atoms with E-state index in [0.29, 0.717) is 6.04 Å². The van der Waals surface area contributed by atoms with Gasteiger partial charge >= 0.3 is 0 Å². The third-order valence-corrected chi connectivity index (χ3v) is 6.05. The molecule has 0 aromatic heterocycles. The fourth-order valence-electron chi connectivity index (χ4n) is 4.37. The van der Waals surface area contributed by atoms with Crippen LogP contribution < -0.4 is 20.1 Å². The molecule has 0 bridgehead atoms. The molecule has 2 aliphatic rings. The number of halogens is 1. The first-order valence-corrected chi connectivity index (χ1v) is 11.3. The Bertz CT molecular complexity index is 660. The van der Waals surface area contributed by atoms with E-state index >= 15 is 0 Å². The molecule has 3 rings (SSSR count). The topological polar surface area (TPSA) is 61.4 Å². The number of hydrogen-bond acceptors (Lipinski definition) is 5. The van der Waals surface area contributed by atoms with E-state index < -0.39 is 0 Å². The van der Waals surface area contributed by atoms with Gasteiger partial charge in [-0.05, 0) is 69.4 Å². The van der Waals surface area contributed by atoms with Crippen LogP contribution >= 0.6 is 24.0 Å². The molecule has 1 unspecified atom stereocenters. The molecule has 1 aromatic rings. The third-order valence-electron chi connectivity index (χ3n) is 6.05. The molecule has 0 saturated carbocycles. The Morgan fingerprint density at radius 2 is 1.74 bits per heavy atom. The van der Waals surface area contributed by atoms with E-state index in [1.807, 2.05) is 13.1 Å². The van der Waals surface area contributed by atoms with Gasteiger partial charge in [0.2, 0.25) is 0 Å². The van der Waals surface area contributed by atoms with E-state index in [9.17, 15) is 0 Å². The van der Waals surface area contributed by atoms with Crippen LogP contribution in [0.25, 0.3) is 0 Å². The number of likely N-dealkylation sites (tertiary alicyclic amines) is 2.